The Morgan fingerprint density at radius 2 is 1.85 bits per heavy atom. The summed E-state index contributed by atoms with van der Waals surface area (Å²) in [5.74, 6) is -0.0525. The normalized spacial score (nSPS) is 14.2. The van der Waals surface area contributed by atoms with Gasteiger partial charge in [-0.05, 0) is 37.7 Å². The Hall–Kier alpha value is 0.350. The Kier molecular flexibility index (Phi) is 5.43. The van der Waals surface area contributed by atoms with Crippen molar-refractivity contribution in [2.45, 2.75) is 5.75 Å². The maximum absolute atomic E-state index is 10.6. The second-order valence-electron chi connectivity index (χ2n) is 2.37. The zero-order valence-electron chi connectivity index (χ0n) is 7.10. The van der Waals surface area contributed by atoms with Crippen LogP contribution in [0.4, 0.5) is 0 Å². The quantitative estimate of drug-likeness (QED) is 0.580. The maximum atomic E-state index is 10.6. The predicted molar refractivity (Wildman–Crippen MR) is 48.1 cm³/mol. The Bertz CT molecular complexity index is 358. The van der Waals surface area contributed by atoms with Crippen molar-refractivity contribution >= 4 is 20.0 Å². The van der Waals surface area contributed by atoms with Gasteiger partial charge >= 0.3 is 29.6 Å². The van der Waals surface area contributed by atoms with Crippen LogP contribution in [0.5, 0.6) is 5.75 Å². The summed E-state index contributed by atoms with van der Waals surface area (Å²) < 4.78 is 21.3. The molecule has 1 aromatic rings. The first kappa shape index (κ1) is 13.4. The van der Waals surface area contributed by atoms with Gasteiger partial charge in [-0.1, -0.05) is 12.1 Å². The van der Waals surface area contributed by atoms with Crippen molar-refractivity contribution < 1.29 is 43.4 Å². The number of hydrogen-bond acceptors (Lipinski definition) is 4. The van der Waals surface area contributed by atoms with Crippen LogP contribution >= 0.6 is 0 Å². The molecule has 1 N–H and O–H groups in total. The van der Waals surface area contributed by atoms with Crippen LogP contribution in [-0.2, 0) is 25.7 Å². The molecule has 0 aliphatic carbocycles. The van der Waals surface area contributed by atoms with Gasteiger partial charge in [-0.15, -0.1) is 0 Å². The molecule has 3 nitrogen and oxygen atoms in total. The summed E-state index contributed by atoms with van der Waals surface area (Å²) in [6, 6.07) is 5.91. The van der Waals surface area contributed by atoms with Crippen molar-refractivity contribution in [1.82, 2.24) is 0 Å². The van der Waals surface area contributed by atoms with Crippen molar-refractivity contribution in [2.24, 2.45) is 0 Å². The Balaban J connectivity index is 0.00000144. The predicted octanol–water partition coefficient (Wildman–Crippen LogP) is -2.23. The molecule has 1 unspecified atom stereocenters. The number of phenols is 1. The number of benzene rings is 1. The summed E-state index contributed by atoms with van der Waals surface area (Å²) in [4.78, 5) is 0. The first-order valence-electron chi connectivity index (χ1n) is 3.19. The van der Waals surface area contributed by atoms with E-state index in [4.69, 9.17) is 5.11 Å². The fraction of sp³-hybridized carbons (Fsp3) is 0.143. The van der Waals surface area contributed by atoms with Gasteiger partial charge in [0.1, 0.15) is 5.75 Å². The SMILES string of the molecule is O=S([O-])(=S)Cc1ccc(O)cc1.[Na+]. The van der Waals surface area contributed by atoms with E-state index in [1.165, 1.54) is 24.3 Å². The van der Waals surface area contributed by atoms with E-state index in [0.717, 1.165) is 0 Å². The third kappa shape index (κ3) is 5.61. The fourth-order valence-electron chi connectivity index (χ4n) is 0.796. The minimum atomic E-state index is -3.39. The molecule has 0 radical (unpaired) electrons. The number of hydrogen-bond donors (Lipinski definition) is 1. The van der Waals surface area contributed by atoms with Crippen LogP contribution in [0, 0.1) is 0 Å². The van der Waals surface area contributed by atoms with Gasteiger partial charge in [0.25, 0.3) is 0 Å². The molecule has 0 aliphatic heterocycles. The molecule has 1 aromatic carbocycles. The van der Waals surface area contributed by atoms with Crippen LogP contribution in [-0.4, -0.2) is 13.9 Å². The molecule has 0 aliphatic rings. The van der Waals surface area contributed by atoms with E-state index < -0.39 is 8.77 Å². The minimum Gasteiger partial charge on any atom is -0.769 e. The molecule has 0 heterocycles. The second-order valence-corrected chi connectivity index (χ2v) is 5.30. The van der Waals surface area contributed by atoms with Gasteiger partial charge in [-0.3, -0.25) is 4.21 Å². The van der Waals surface area contributed by atoms with E-state index in [1.807, 2.05) is 0 Å². The average Bonchev–Trinajstić information content (AvgIpc) is 1.91. The van der Waals surface area contributed by atoms with Crippen molar-refractivity contribution in [3.05, 3.63) is 29.8 Å². The molecule has 1 atom stereocenters. The molecule has 66 valence electrons. The first-order valence-corrected chi connectivity index (χ1v) is 5.76. The topological polar surface area (TPSA) is 60.4 Å². The number of phenolic OH excluding ortho intramolecular Hbond substituents is 1. The molecule has 0 amide bonds. The van der Waals surface area contributed by atoms with Crippen LogP contribution in [0.3, 0.4) is 0 Å². The fourth-order valence-corrected chi connectivity index (χ4v) is 1.81. The molecule has 0 fully saturated rings. The largest absolute Gasteiger partial charge is 1.00 e. The standard InChI is InChI=1S/C7H8O3S2.Na/c8-7-3-1-6(2-4-7)5-12(9,10)11;/h1-4,8H,5H2,(H,9,10,11);/q;+1/p-1. The molecule has 13 heavy (non-hydrogen) atoms. The molecule has 0 bridgehead atoms. The van der Waals surface area contributed by atoms with Crippen molar-refractivity contribution in [3.8, 4) is 5.75 Å². The third-order valence-electron chi connectivity index (χ3n) is 1.28. The van der Waals surface area contributed by atoms with Gasteiger partial charge < -0.3 is 9.66 Å². The van der Waals surface area contributed by atoms with Crippen LogP contribution in [0.1, 0.15) is 5.56 Å². The van der Waals surface area contributed by atoms with Crippen LogP contribution < -0.4 is 29.6 Å². The van der Waals surface area contributed by atoms with Gasteiger partial charge in [-0.2, -0.15) is 0 Å². The molecule has 0 spiro atoms. The van der Waals surface area contributed by atoms with Crippen LogP contribution in [0.2, 0.25) is 0 Å². The Morgan fingerprint density at radius 3 is 2.23 bits per heavy atom. The molecule has 6 heteroatoms. The van der Waals surface area contributed by atoms with Crippen molar-refractivity contribution in [1.29, 1.82) is 0 Å². The zero-order chi connectivity index (χ0) is 9.19. The van der Waals surface area contributed by atoms with Gasteiger partial charge in [-0.25, -0.2) is 0 Å². The van der Waals surface area contributed by atoms with Gasteiger partial charge in [0.2, 0.25) is 0 Å². The average molecular weight is 226 g/mol. The number of rotatable bonds is 2. The van der Waals surface area contributed by atoms with Gasteiger partial charge in [0.05, 0.1) is 0 Å². The smallest absolute Gasteiger partial charge is 0.769 e. The number of aromatic hydroxyl groups is 1. The monoisotopic (exact) mass is 226 g/mol. The van der Waals surface area contributed by atoms with E-state index in [1.54, 1.807) is 0 Å². The maximum Gasteiger partial charge on any atom is 1.00 e. The molecule has 0 saturated heterocycles. The van der Waals surface area contributed by atoms with Gasteiger partial charge in [0, 0.05) is 5.75 Å². The Labute approximate surface area is 104 Å². The first-order chi connectivity index (χ1) is 5.47. The molecular formula is C7H7NaO3S2. The van der Waals surface area contributed by atoms with Gasteiger partial charge in [0.15, 0.2) is 0 Å². The minimum absolute atomic E-state index is 0. The molecule has 1 rings (SSSR count). The van der Waals surface area contributed by atoms with Crippen LogP contribution in [0.25, 0.3) is 0 Å². The summed E-state index contributed by atoms with van der Waals surface area (Å²) in [5.41, 5.74) is 0.586. The van der Waals surface area contributed by atoms with Crippen molar-refractivity contribution in [2.75, 3.05) is 0 Å². The molecule has 0 aromatic heterocycles. The van der Waals surface area contributed by atoms with Crippen LogP contribution in [0.15, 0.2) is 24.3 Å². The summed E-state index contributed by atoms with van der Waals surface area (Å²) >= 11 is 4.21. The van der Waals surface area contributed by atoms with E-state index in [9.17, 15) is 8.76 Å². The third-order valence-corrected chi connectivity index (χ3v) is 2.32. The molecule has 0 saturated carbocycles. The van der Waals surface area contributed by atoms with Crippen molar-refractivity contribution in [3.63, 3.8) is 0 Å². The summed E-state index contributed by atoms with van der Waals surface area (Å²) in [7, 11) is -3.39. The van der Waals surface area contributed by atoms with E-state index in [0.29, 0.717) is 5.56 Å². The molecular weight excluding hydrogens is 219 g/mol. The summed E-state index contributed by atoms with van der Waals surface area (Å²) in [6.45, 7) is 0. The second kappa shape index (κ2) is 5.29. The van der Waals surface area contributed by atoms with E-state index >= 15 is 0 Å². The summed E-state index contributed by atoms with van der Waals surface area (Å²) in [5, 5.41) is 8.88. The zero-order valence-corrected chi connectivity index (χ0v) is 10.7. The summed E-state index contributed by atoms with van der Waals surface area (Å²) in [6.07, 6.45) is 0. The van der Waals surface area contributed by atoms with E-state index in [-0.39, 0.29) is 41.1 Å². The Morgan fingerprint density at radius 1 is 1.38 bits per heavy atom. The van der Waals surface area contributed by atoms with E-state index in [2.05, 4.69) is 11.2 Å².